The van der Waals surface area contributed by atoms with Crippen molar-refractivity contribution in [2.24, 2.45) is 5.92 Å². The SMILES string of the molecule is COc1ccc(C(=O)NC2CCC(C)C2)cc1N. The maximum absolute atomic E-state index is 12.1. The van der Waals surface area contributed by atoms with E-state index >= 15 is 0 Å². The third kappa shape index (κ3) is 2.75. The summed E-state index contributed by atoms with van der Waals surface area (Å²) in [6.45, 7) is 2.22. The standard InChI is InChI=1S/C14H20N2O2/c1-9-3-5-11(7-9)16-14(17)10-4-6-13(18-2)12(15)8-10/h4,6,8-9,11H,3,5,7,15H2,1-2H3,(H,16,17). The van der Waals surface area contributed by atoms with Crippen LogP contribution in [0.25, 0.3) is 0 Å². The molecule has 0 aromatic heterocycles. The van der Waals surface area contributed by atoms with Gasteiger partial charge in [0.1, 0.15) is 5.75 Å². The number of carbonyl (C=O) groups is 1. The normalized spacial score (nSPS) is 22.8. The minimum atomic E-state index is -0.0524. The molecule has 2 atom stereocenters. The molecule has 0 aliphatic heterocycles. The zero-order chi connectivity index (χ0) is 13.1. The molecule has 0 heterocycles. The van der Waals surface area contributed by atoms with Gasteiger partial charge in [0.05, 0.1) is 12.8 Å². The molecule has 4 nitrogen and oxygen atoms in total. The van der Waals surface area contributed by atoms with Crippen LogP contribution in [0.3, 0.4) is 0 Å². The van der Waals surface area contributed by atoms with Crippen molar-refractivity contribution in [3.63, 3.8) is 0 Å². The second-order valence-electron chi connectivity index (χ2n) is 5.05. The highest BCUT2D eigenvalue weighted by atomic mass is 16.5. The minimum Gasteiger partial charge on any atom is -0.495 e. The van der Waals surface area contributed by atoms with E-state index in [4.69, 9.17) is 10.5 Å². The number of methoxy groups -OCH3 is 1. The number of anilines is 1. The van der Waals surface area contributed by atoms with Gasteiger partial charge in [-0.3, -0.25) is 4.79 Å². The first-order chi connectivity index (χ1) is 8.60. The molecule has 2 unspecified atom stereocenters. The summed E-state index contributed by atoms with van der Waals surface area (Å²) in [5.41, 5.74) is 6.88. The molecule has 1 aliphatic carbocycles. The molecule has 3 N–H and O–H groups in total. The largest absolute Gasteiger partial charge is 0.495 e. The molecule has 2 rings (SSSR count). The number of hydrogen-bond acceptors (Lipinski definition) is 3. The Kier molecular flexibility index (Phi) is 3.75. The van der Waals surface area contributed by atoms with Crippen LogP contribution in [0.2, 0.25) is 0 Å². The van der Waals surface area contributed by atoms with Crippen LogP contribution in [-0.2, 0) is 0 Å². The third-order valence-electron chi connectivity index (χ3n) is 3.52. The Hall–Kier alpha value is -1.71. The van der Waals surface area contributed by atoms with Crippen LogP contribution in [0.15, 0.2) is 18.2 Å². The minimum absolute atomic E-state index is 0.0524. The Morgan fingerprint density at radius 2 is 2.22 bits per heavy atom. The summed E-state index contributed by atoms with van der Waals surface area (Å²) in [5, 5.41) is 3.05. The number of carbonyl (C=O) groups excluding carboxylic acids is 1. The highest BCUT2D eigenvalue weighted by Gasteiger charge is 2.23. The number of benzene rings is 1. The Labute approximate surface area is 108 Å². The first kappa shape index (κ1) is 12.7. The van der Waals surface area contributed by atoms with Gasteiger partial charge in [-0.15, -0.1) is 0 Å². The van der Waals surface area contributed by atoms with Gasteiger partial charge in [-0.2, -0.15) is 0 Å². The number of nitrogens with two attached hydrogens (primary N) is 1. The van der Waals surface area contributed by atoms with Gasteiger partial charge in [-0.1, -0.05) is 6.92 Å². The highest BCUT2D eigenvalue weighted by Crippen LogP contribution is 2.26. The zero-order valence-corrected chi connectivity index (χ0v) is 10.9. The molecular weight excluding hydrogens is 228 g/mol. The van der Waals surface area contributed by atoms with Crippen molar-refractivity contribution in [3.8, 4) is 5.75 Å². The summed E-state index contributed by atoms with van der Waals surface area (Å²) in [4.78, 5) is 12.1. The summed E-state index contributed by atoms with van der Waals surface area (Å²) >= 11 is 0. The number of nitrogens with one attached hydrogen (secondary N) is 1. The average Bonchev–Trinajstić information content (AvgIpc) is 2.74. The van der Waals surface area contributed by atoms with Crippen LogP contribution in [-0.4, -0.2) is 19.1 Å². The summed E-state index contributed by atoms with van der Waals surface area (Å²) in [6.07, 6.45) is 3.33. The van der Waals surface area contributed by atoms with Gasteiger partial charge >= 0.3 is 0 Å². The summed E-state index contributed by atoms with van der Waals surface area (Å²) in [7, 11) is 1.56. The first-order valence-electron chi connectivity index (χ1n) is 6.34. The molecule has 1 aliphatic rings. The van der Waals surface area contributed by atoms with E-state index in [1.807, 2.05) is 0 Å². The maximum atomic E-state index is 12.1. The van der Waals surface area contributed by atoms with Gasteiger partial charge in [0.25, 0.3) is 5.91 Å². The van der Waals surface area contributed by atoms with E-state index < -0.39 is 0 Å². The molecule has 0 saturated heterocycles. The summed E-state index contributed by atoms with van der Waals surface area (Å²) in [6, 6.07) is 5.42. The van der Waals surface area contributed by atoms with E-state index in [0.717, 1.165) is 12.8 Å². The third-order valence-corrected chi connectivity index (χ3v) is 3.52. The smallest absolute Gasteiger partial charge is 0.251 e. The van der Waals surface area contributed by atoms with Crippen molar-refractivity contribution in [3.05, 3.63) is 23.8 Å². The topological polar surface area (TPSA) is 64.3 Å². The maximum Gasteiger partial charge on any atom is 0.251 e. The highest BCUT2D eigenvalue weighted by molar-refractivity contribution is 5.95. The van der Waals surface area contributed by atoms with Crippen molar-refractivity contribution >= 4 is 11.6 Å². The molecule has 1 aromatic carbocycles. The van der Waals surface area contributed by atoms with Crippen LogP contribution < -0.4 is 15.8 Å². The first-order valence-corrected chi connectivity index (χ1v) is 6.34. The van der Waals surface area contributed by atoms with Crippen LogP contribution in [0.4, 0.5) is 5.69 Å². The number of amides is 1. The number of rotatable bonds is 3. The molecule has 0 spiro atoms. The van der Waals surface area contributed by atoms with Gasteiger partial charge in [0.2, 0.25) is 0 Å². The Morgan fingerprint density at radius 1 is 1.44 bits per heavy atom. The fourth-order valence-corrected chi connectivity index (χ4v) is 2.48. The lowest BCUT2D eigenvalue weighted by Crippen LogP contribution is -2.32. The number of nitrogen functional groups attached to an aromatic ring is 1. The van der Waals surface area contributed by atoms with Gasteiger partial charge < -0.3 is 15.8 Å². The van der Waals surface area contributed by atoms with Gasteiger partial charge in [-0.05, 0) is 43.4 Å². The monoisotopic (exact) mass is 248 g/mol. The van der Waals surface area contributed by atoms with Crippen LogP contribution >= 0.6 is 0 Å². The number of hydrogen-bond donors (Lipinski definition) is 2. The number of ether oxygens (including phenoxy) is 1. The molecule has 1 fully saturated rings. The van der Waals surface area contributed by atoms with Crippen molar-refractivity contribution in [1.29, 1.82) is 0 Å². The molecular formula is C14H20N2O2. The lowest BCUT2D eigenvalue weighted by molar-refractivity contribution is 0.0937. The molecule has 98 valence electrons. The molecule has 18 heavy (non-hydrogen) atoms. The summed E-state index contributed by atoms with van der Waals surface area (Å²) < 4.78 is 5.07. The quantitative estimate of drug-likeness (QED) is 0.806. The van der Waals surface area contributed by atoms with Crippen molar-refractivity contribution in [2.45, 2.75) is 32.2 Å². The average molecular weight is 248 g/mol. The Balaban J connectivity index is 2.02. The fraction of sp³-hybridized carbons (Fsp3) is 0.500. The second kappa shape index (κ2) is 5.29. The lowest BCUT2D eigenvalue weighted by Gasteiger charge is -2.13. The Morgan fingerprint density at radius 3 is 2.78 bits per heavy atom. The van der Waals surface area contributed by atoms with E-state index in [-0.39, 0.29) is 5.91 Å². The molecule has 1 aromatic rings. The molecule has 4 heteroatoms. The summed E-state index contributed by atoms with van der Waals surface area (Å²) in [5.74, 6) is 1.25. The van der Waals surface area contributed by atoms with Crippen LogP contribution in [0.5, 0.6) is 5.75 Å². The molecule has 1 amide bonds. The van der Waals surface area contributed by atoms with E-state index in [9.17, 15) is 4.79 Å². The fourth-order valence-electron chi connectivity index (χ4n) is 2.48. The van der Waals surface area contributed by atoms with E-state index in [0.29, 0.717) is 29.0 Å². The predicted molar refractivity (Wildman–Crippen MR) is 71.7 cm³/mol. The van der Waals surface area contributed by atoms with Gasteiger partial charge in [0.15, 0.2) is 0 Å². The second-order valence-corrected chi connectivity index (χ2v) is 5.05. The lowest BCUT2D eigenvalue weighted by atomic mass is 10.1. The van der Waals surface area contributed by atoms with Crippen molar-refractivity contribution in [2.75, 3.05) is 12.8 Å². The Bertz CT molecular complexity index is 445. The molecule has 1 saturated carbocycles. The van der Waals surface area contributed by atoms with E-state index in [2.05, 4.69) is 12.2 Å². The van der Waals surface area contributed by atoms with Crippen LogP contribution in [0.1, 0.15) is 36.5 Å². The predicted octanol–water partition coefficient (Wildman–Crippen LogP) is 2.20. The van der Waals surface area contributed by atoms with Crippen molar-refractivity contribution < 1.29 is 9.53 Å². The van der Waals surface area contributed by atoms with E-state index in [1.165, 1.54) is 6.42 Å². The van der Waals surface area contributed by atoms with E-state index in [1.54, 1.807) is 25.3 Å². The van der Waals surface area contributed by atoms with Crippen LogP contribution in [0, 0.1) is 5.92 Å². The zero-order valence-electron chi connectivity index (χ0n) is 10.9. The van der Waals surface area contributed by atoms with Gasteiger partial charge in [0, 0.05) is 11.6 Å². The van der Waals surface area contributed by atoms with Crippen molar-refractivity contribution in [1.82, 2.24) is 5.32 Å². The molecule has 0 radical (unpaired) electrons. The van der Waals surface area contributed by atoms with Gasteiger partial charge in [-0.25, -0.2) is 0 Å². The molecule has 0 bridgehead atoms.